The van der Waals surface area contributed by atoms with Crippen molar-refractivity contribution >= 4 is 17.8 Å². The highest BCUT2D eigenvalue weighted by atomic mass is 16.5. The zero-order valence-corrected chi connectivity index (χ0v) is 13.5. The van der Waals surface area contributed by atoms with Gasteiger partial charge in [-0.2, -0.15) is 0 Å². The van der Waals surface area contributed by atoms with Crippen LogP contribution in [0.3, 0.4) is 0 Å². The van der Waals surface area contributed by atoms with E-state index in [0.29, 0.717) is 0 Å². The molecule has 0 aliphatic rings. The average Bonchev–Trinajstić information content (AvgIpc) is 2.45. The van der Waals surface area contributed by atoms with Crippen molar-refractivity contribution in [1.29, 1.82) is 0 Å². The third-order valence-corrected chi connectivity index (χ3v) is 3.16. The van der Waals surface area contributed by atoms with E-state index in [2.05, 4.69) is 14.8 Å². The SMILES string of the molecule is CCCC(C)NC(=O)C(C)N(CC(=O)OC)CC(=O)OC. The molecule has 0 aliphatic carbocycles. The van der Waals surface area contributed by atoms with E-state index in [-0.39, 0.29) is 25.0 Å². The van der Waals surface area contributed by atoms with Crippen LogP contribution in [0.15, 0.2) is 0 Å². The number of nitrogens with one attached hydrogen (secondary N) is 1. The van der Waals surface area contributed by atoms with E-state index in [1.165, 1.54) is 19.1 Å². The smallest absolute Gasteiger partial charge is 0.319 e. The molecule has 1 N–H and O–H groups in total. The number of amides is 1. The van der Waals surface area contributed by atoms with Gasteiger partial charge in [-0.3, -0.25) is 19.3 Å². The van der Waals surface area contributed by atoms with E-state index in [4.69, 9.17) is 0 Å². The lowest BCUT2D eigenvalue weighted by Crippen LogP contribution is -2.50. The molecule has 7 heteroatoms. The zero-order valence-electron chi connectivity index (χ0n) is 13.5. The summed E-state index contributed by atoms with van der Waals surface area (Å²) in [5.74, 6) is -1.26. The molecule has 2 unspecified atom stereocenters. The molecule has 0 radical (unpaired) electrons. The van der Waals surface area contributed by atoms with Crippen molar-refractivity contribution in [3.8, 4) is 0 Å². The molecule has 1 amide bonds. The first-order valence-corrected chi connectivity index (χ1v) is 7.03. The van der Waals surface area contributed by atoms with Crippen molar-refractivity contribution in [2.45, 2.75) is 45.7 Å². The largest absolute Gasteiger partial charge is 0.468 e. The summed E-state index contributed by atoms with van der Waals surface area (Å²) in [6, 6.07) is -0.592. The fourth-order valence-electron chi connectivity index (χ4n) is 1.82. The van der Waals surface area contributed by atoms with Gasteiger partial charge >= 0.3 is 11.9 Å². The fraction of sp³-hybridized carbons (Fsp3) is 0.786. The Morgan fingerprint density at radius 1 is 1.05 bits per heavy atom. The van der Waals surface area contributed by atoms with Crippen LogP contribution in [0.1, 0.15) is 33.6 Å². The van der Waals surface area contributed by atoms with Gasteiger partial charge < -0.3 is 14.8 Å². The second-order valence-electron chi connectivity index (χ2n) is 4.93. The number of carbonyl (C=O) groups is 3. The van der Waals surface area contributed by atoms with Crippen molar-refractivity contribution in [2.24, 2.45) is 0 Å². The number of ether oxygens (including phenoxy) is 2. The molecule has 0 aromatic carbocycles. The molecule has 0 spiro atoms. The van der Waals surface area contributed by atoms with Crippen LogP contribution < -0.4 is 5.32 Å². The molecule has 0 aromatic heterocycles. The molecule has 2 atom stereocenters. The van der Waals surface area contributed by atoms with E-state index in [1.807, 2.05) is 13.8 Å². The topological polar surface area (TPSA) is 84.9 Å². The van der Waals surface area contributed by atoms with E-state index in [0.717, 1.165) is 12.8 Å². The number of nitrogens with zero attached hydrogens (tertiary/aromatic N) is 1. The number of rotatable bonds is 9. The van der Waals surface area contributed by atoms with Crippen LogP contribution in [0.4, 0.5) is 0 Å². The Bertz CT molecular complexity index is 341. The zero-order chi connectivity index (χ0) is 16.4. The van der Waals surface area contributed by atoms with Crippen molar-refractivity contribution in [2.75, 3.05) is 27.3 Å². The van der Waals surface area contributed by atoms with Crippen molar-refractivity contribution < 1.29 is 23.9 Å². The summed E-state index contributed by atoms with van der Waals surface area (Å²) in [5.41, 5.74) is 0. The van der Waals surface area contributed by atoms with Gasteiger partial charge in [0.15, 0.2) is 0 Å². The summed E-state index contributed by atoms with van der Waals surface area (Å²) in [6.07, 6.45) is 1.83. The Morgan fingerprint density at radius 3 is 1.90 bits per heavy atom. The molecule has 122 valence electrons. The summed E-state index contributed by atoms with van der Waals surface area (Å²) in [7, 11) is 2.51. The molecule has 7 nitrogen and oxygen atoms in total. The van der Waals surface area contributed by atoms with Gasteiger partial charge in [0.05, 0.1) is 33.4 Å². The summed E-state index contributed by atoms with van der Waals surface area (Å²) in [5, 5.41) is 2.86. The third-order valence-electron chi connectivity index (χ3n) is 3.16. The lowest BCUT2D eigenvalue weighted by atomic mass is 10.1. The highest BCUT2D eigenvalue weighted by Crippen LogP contribution is 2.03. The molecule has 21 heavy (non-hydrogen) atoms. The van der Waals surface area contributed by atoms with Crippen LogP contribution in [0, 0.1) is 0 Å². The Hall–Kier alpha value is -1.63. The van der Waals surface area contributed by atoms with E-state index < -0.39 is 18.0 Å². The normalized spacial score (nSPS) is 13.4. The maximum atomic E-state index is 12.2. The van der Waals surface area contributed by atoms with Gasteiger partial charge in [-0.05, 0) is 20.3 Å². The number of hydrogen-bond donors (Lipinski definition) is 1. The number of esters is 2. The van der Waals surface area contributed by atoms with E-state index >= 15 is 0 Å². The predicted octanol–water partition coefficient (Wildman–Crippen LogP) is 0.328. The first-order valence-electron chi connectivity index (χ1n) is 7.03. The first-order chi connectivity index (χ1) is 9.85. The first kappa shape index (κ1) is 19.4. The Morgan fingerprint density at radius 2 is 1.52 bits per heavy atom. The molecule has 0 saturated carbocycles. The van der Waals surface area contributed by atoms with Crippen LogP contribution in [-0.2, 0) is 23.9 Å². The van der Waals surface area contributed by atoms with Crippen molar-refractivity contribution in [3.63, 3.8) is 0 Å². The molecule has 0 heterocycles. The Labute approximate surface area is 126 Å². The van der Waals surface area contributed by atoms with Gasteiger partial charge in [-0.25, -0.2) is 0 Å². The monoisotopic (exact) mass is 302 g/mol. The van der Waals surface area contributed by atoms with Crippen molar-refractivity contribution in [1.82, 2.24) is 10.2 Å². The van der Waals surface area contributed by atoms with Gasteiger partial charge in [0.2, 0.25) is 5.91 Å². The number of carbonyl (C=O) groups excluding carboxylic acids is 3. The predicted molar refractivity (Wildman–Crippen MR) is 77.6 cm³/mol. The quantitative estimate of drug-likeness (QED) is 0.618. The molecular weight excluding hydrogens is 276 g/mol. The lowest BCUT2D eigenvalue weighted by molar-refractivity contribution is -0.147. The van der Waals surface area contributed by atoms with Crippen LogP contribution in [-0.4, -0.2) is 62.1 Å². The molecule has 0 saturated heterocycles. The lowest BCUT2D eigenvalue weighted by Gasteiger charge is -2.27. The minimum absolute atomic E-state index is 0.0445. The van der Waals surface area contributed by atoms with Crippen LogP contribution >= 0.6 is 0 Å². The molecular formula is C14H26N2O5. The van der Waals surface area contributed by atoms with E-state index in [9.17, 15) is 14.4 Å². The second kappa shape index (κ2) is 10.1. The Kier molecular flexibility index (Phi) is 9.36. The van der Waals surface area contributed by atoms with Gasteiger partial charge in [0, 0.05) is 6.04 Å². The minimum Gasteiger partial charge on any atom is -0.468 e. The molecule has 0 fully saturated rings. The van der Waals surface area contributed by atoms with Crippen LogP contribution in [0.5, 0.6) is 0 Å². The summed E-state index contributed by atoms with van der Waals surface area (Å²) in [4.78, 5) is 36.4. The molecule has 0 rings (SSSR count). The second-order valence-corrected chi connectivity index (χ2v) is 4.93. The van der Waals surface area contributed by atoms with Gasteiger partial charge in [-0.1, -0.05) is 13.3 Å². The molecule has 0 bridgehead atoms. The number of methoxy groups -OCH3 is 2. The third kappa shape index (κ3) is 7.65. The van der Waals surface area contributed by atoms with Gasteiger partial charge in [-0.15, -0.1) is 0 Å². The fourth-order valence-corrected chi connectivity index (χ4v) is 1.82. The van der Waals surface area contributed by atoms with Gasteiger partial charge in [0.1, 0.15) is 0 Å². The summed E-state index contributed by atoms with van der Waals surface area (Å²) < 4.78 is 9.16. The Balaban J connectivity index is 4.74. The summed E-state index contributed by atoms with van der Waals surface area (Å²) >= 11 is 0. The molecule has 0 aromatic rings. The van der Waals surface area contributed by atoms with Crippen molar-refractivity contribution in [3.05, 3.63) is 0 Å². The van der Waals surface area contributed by atoms with E-state index in [1.54, 1.807) is 6.92 Å². The van der Waals surface area contributed by atoms with Gasteiger partial charge in [0.25, 0.3) is 0 Å². The standard InChI is InChI=1S/C14H26N2O5/c1-6-7-10(2)15-14(19)11(3)16(8-12(17)20-4)9-13(18)21-5/h10-11H,6-9H2,1-5H3,(H,15,19). The highest BCUT2D eigenvalue weighted by molar-refractivity contribution is 5.83. The van der Waals surface area contributed by atoms with Crippen LogP contribution in [0.2, 0.25) is 0 Å². The molecule has 0 aliphatic heterocycles. The minimum atomic E-state index is -0.637. The maximum Gasteiger partial charge on any atom is 0.319 e. The van der Waals surface area contributed by atoms with Crippen LogP contribution in [0.25, 0.3) is 0 Å². The highest BCUT2D eigenvalue weighted by Gasteiger charge is 2.26. The maximum absolute atomic E-state index is 12.2. The number of hydrogen-bond acceptors (Lipinski definition) is 6. The average molecular weight is 302 g/mol. The summed E-state index contributed by atoms with van der Waals surface area (Å²) in [6.45, 7) is 5.29.